The first-order valence-electron chi connectivity index (χ1n) is 8.33. The SMILES string of the molecule is CC(COc1ccccc1)NC(=O)c1ccc2c(c1)CCCC2. The second-order valence-electron chi connectivity index (χ2n) is 6.19. The highest BCUT2D eigenvalue weighted by atomic mass is 16.5. The van der Waals surface area contributed by atoms with Crippen LogP contribution in [0, 0.1) is 0 Å². The first-order chi connectivity index (χ1) is 11.2. The Morgan fingerprint density at radius 3 is 2.61 bits per heavy atom. The van der Waals surface area contributed by atoms with Gasteiger partial charge in [-0.1, -0.05) is 24.3 Å². The predicted octanol–water partition coefficient (Wildman–Crippen LogP) is 3.76. The van der Waals surface area contributed by atoms with E-state index in [0.717, 1.165) is 24.2 Å². The number of aryl methyl sites for hydroxylation is 2. The molecular weight excluding hydrogens is 286 g/mol. The van der Waals surface area contributed by atoms with Crippen LogP contribution in [-0.2, 0) is 12.8 Å². The standard InChI is InChI=1S/C20H23NO2/c1-15(14-23-19-9-3-2-4-10-19)21-20(22)18-12-11-16-7-5-6-8-17(16)13-18/h2-4,9-13,15H,5-8,14H2,1H3,(H,21,22). The fourth-order valence-corrected chi connectivity index (χ4v) is 2.96. The minimum absolute atomic E-state index is 0.0254. The van der Waals surface area contributed by atoms with E-state index in [0.29, 0.717) is 6.61 Å². The van der Waals surface area contributed by atoms with Gasteiger partial charge in [-0.15, -0.1) is 0 Å². The van der Waals surface area contributed by atoms with Crippen LogP contribution < -0.4 is 10.1 Å². The molecule has 1 amide bonds. The highest BCUT2D eigenvalue weighted by Gasteiger charge is 2.14. The number of carbonyl (C=O) groups excluding carboxylic acids is 1. The lowest BCUT2D eigenvalue weighted by molar-refractivity contribution is 0.0926. The molecule has 0 saturated heterocycles. The molecular formula is C20H23NO2. The van der Waals surface area contributed by atoms with E-state index in [4.69, 9.17) is 4.74 Å². The lowest BCUT2D eigenvalue weighted by atomic mass is 9.90. The Balaban J connectivity index is 1.56. The Morgan fingerprint density at radius 1 is 1.09 bits per heavy atom. The summed E-state index contributed by atoms with van der Waals surface area (Å²) in [6.07, 6.45) is 4.70. The van der Waals surface area contributed by atoms with Gasteiger partial charge in [0.1, 0.15) is 12.4 Å². The van der Waals surface area contributed by atoms with Crippen molar-refractivity contribution >= 4 is 5.91 Å². The average molecular weight is 309 g/mol. The van der Waals surface area contributed by atoms with Gasteiger partial charge in [0.25, 0.3) is 5.91 Å². The summed E-state index contributed by atoms with van der Waals surface area (Å²) in [5.74, 6) is 0.796. The number of benzene rings is 2. The molecule has 0 radical (unpaired) electrons. The minimum Gasteiger partial charge on any atom is -0.491 e. The van der Waals surface area contributed by atoms with Crippen LogP contribution in [0.4, 0.5) is 0 Å². The van der Waals surface area contributed by atoms with Crippen LogP contribution in [0.3, 0.4) is 0 Å². The summed E-state index contributed by atoms with van der Waals surface area (Å²) in [6, 6.07) is 15.7. The number of rotatable bonds is 5. The van der Waals surface area contributed by atoms with Gasteiger partial charge < -0.3 is 10.1 Å². The number of amides is 1. The Hall–Kier alpha value is -2.29. The quantitative estimate of drug-likeness (QED) is 0.913. The zero-order valence-corrected chi connectivity index (χ0v) is 13.5. The molecule has 1 atom stereocenters. The lowest BCUT2D eigenvalue weighted by Gasteiger charge is -2.18. The number of para-hydroxylation sites is 1. The number of fused-ring (bicyclic) bond motifs is 1. The van der Waals surface area contributed by atoms with E-state index in [1.807, 2.05) is 43.3 Å². The Morgan fingerprint density at radius 2 is 1.83 bits per heavy atom. The highest BCUT2D eigenvalue weighted by Crippen LogP contribution is 2.22. The van der Waals surface area contributed by atoms with Gasteiger partial charge in [0.2, 0.25) is 0 Å². The van der Waals surface area contributed by atoms with Crippen molar-refractivity contribution in [1.82, 2.24) is 5.32 Å². The van der Waals surface area contributed by atoms with Crippen molar-refractivity contribution in [3.05, 3.63) is 65.2 Å². The van der Waals surface area contributed by atoms with E-state index in [9.17, 15) is 4.79 Å². The van der Waals surface area contributed by atoms with E-state index < -0.39 is 0 Å². The van der Waals surface area contributed by atoms with Crippen molar-refractivity contribution < 1.29 is 9.53 Å². The number of carbonyl (C=O) groups is 1. The zero-order valence-electron chi connectivity index (χ0n) is 13.5. The molecule has 1 unspecified atom stereocenters. The molecule has 3 rings (SSSR count). The summed E-state index contributed by atoms with van der Waals surface area (Å²) >= 11 is 0. The first-order valence-corrected chi connectivity index (χ1v) is 8.33. The second kappa shape index (κ2) is 7.32. The van der Waals surface area contributed by atoms with Gasteiger partial charge in [-0.3, -0.25) is 4.79 Å². The molecule has 23 heavy (non-hydrogen) atoms. The van der Waals surface area contributed by atoms with Crippen LogP contribution in [0.1, 0.15) is 41.3 Å². The summed E-state index contributed by atoms with van der Waals surface area (Å²) in [4.78, 5) is 12.4. The largest absolute Gasteiger partial charge is 0.491 e. The maximum Gasteiger partial charge on any atom is 0.251 e. The fourth-order valence-electron chi connectivity index (χ4n) is 2.96. The topological polar surface area (TPSA) is 38.3 Å². The van der Waals surface area contributed by atoms with Crippen molar-refractivity contribution in [2.45, 2.75) is 38.6 Å². The van der Waals surface area contributed by atoms with Crippen LogP contribution in [0.15, 0.2) is 48.5 Å². The van der Waals surface area contributed by atoms with Crippen molar-refractivity contribution in [1.29, 1.82) is 0 Å². The maximum absolute atomic E-state index is 12.4. The average Bonchev–Trinajstić information content (AvgIpc) is 2.60. The highest BCUT2D eigenvalue weighted by molar-refractivity contribution is 5.94. The van der Waals surface area contributed by atoms with Crippen LogP contribution in [0.25, 0.3) is 0 Å². The third kappa shape index (κ3) is 4.13. The number of nitrogens with one attached hydrogen (secondary N) is 1. The van der Waals surface area contributed by atoms with Crippen LogP contribution >= 0.6 is 0 Å². The van der Waals surface area contributed by atoms with Crippen LogP contribution in [-0.4, -0.2) is 18.6 Å². The van der Waals surface area contributed by atoms with Gasteiger partial charge in [-0.05, 0) is 68.0 Å². The molecule has 1 aliphatic rings. The predicted molar refractivity (Wildman–Crippen MR) is 91.9 cm³/mol. The molecule has 2 aromatic carbocycles. The third-order valence-corrected chi connectivity index (χ3v) is 4.23. The van der Waals surface area contributed by atoms with Gasteiger partial charge in [0, 0.05) is 5.56 Å². The van der Waals surface area contributed by atoms with E-state index in [-0.39, 0.29) is 11.9 Å². The molecule has 0 aromatic heterocycles. The van der Waals surface area contributed by atoms with Crippen molar-refractivity contribution in [2.24, 2.45) is 0 Å². The molecule has 1 aliphatic carbocycles. The van der Waals surface area contributed by atoms with E-state index >= 15 is 0 Å². The monoisotopic (exact) mass is 309 g/mol. The summed E-state index contributed by atoms with van der Waals surface area (Å²) in [5, 5.41) is 3.01. The summed E-state index contributed by atoms with van der Waals surface area (Å²) < 4.78 is 5.68. The van der Waals surface area contributed by atoms with Crippen molar-refractivity contribution in [3.8, 4) is 5.75 Å². The summed E-state index contributed by atoms with van der Waals surface area (Å²) in [6.45, 7) is 2.42. The van der Waals surface area contributed by atoms with Gasteiger partial charge in [-0.25, -0.2) is 0 Å². The molecule has 0 bridgehead atoms. The maximum atomic E-state index is 12.4. The Bertz CT molecular complexity index is 667. The van der Waals surface area contributed by atoms with E-state index in [2.05, 4.69) is 17.4 Å². The summed E-state index contributed by atoms with van der Waals surface area (Å²) in [7, 11) is 0. The molecule has 0 spiro atoms. The molecule has 120 valence electrons. The zero-order chi connectivity index (χ0) is 16.1. The Kier molecular flexibility index (Phi) is 4.96. The fraction of sp³-hybridized carbons (Fsp3) is 0.350. The molecule has 0 aliphatic heterocycles. The van der Waals surface area contributed by atoms with Crippen molar-refractivity contribution in [3.63, 3.8) is 0 Å². The van der Waals surface area contributed by atoms with Gasteiger partial charge in [0.05, 0.1) is 6.04 Å². The van der Waals surface area contributed by atoms with Crippen LogP contribution in [0.2, 0.25) is 0 Å². The smallest absolute Gasteiger partial charge is 0.251 e. The lowest BCUT2D eigenvalue weighted by Crippen LogP contribution is -2.36. The molecule has 1 N–H and O–H groups in total. The third-order valence-electron chi connectivity index (χ3n) is 4.23. The summed E-state index contributed by atoms with van der Waals surface area (Å²) in [5.41, 5.74) is 3.47. The van der Waals surface area contributed by atoms with Gasteiger partial charge in [-0.2, -0.15) is 0 Å². The minimum atomic E-state index is -0.0428. The van der Waals surface area contributed by atoms with E-state index in [1.165, 1.54) is 24.0 Å². The molecule has 2 aromatic rings. The van der Waals surface area contributed by atoms with Gasteiger partial charge in [0.15, 0.2) is 0 Å². The number of ether oxygens (including phenoxy) is 1. The Labute approximate surface area is 137 Å². The molecule has 0 saturated carbocycles. The normalized spacial score (nSPS) is 14.7. The molecule has 3 nitrogen and oxygen atoms in total. The van der Waals surface area contributed by atoms with E-state index in [1.54, 1.807) is 0 Å². The second-order valence-corrected chi connectivity index (χ2v) is 6.19. The number of hydrogen-bond acceptors (Lipinski definition) is 2. The van der Waals surface area contributed by atoms with Crippen molar-refractivity contribution in [2.75, 3.05) is 6.61 Å². The molecule has 3 heteroatoms. The molecule has 0 heterocycles. The van der Waals surface area contributed by atoms with Gasteiger partial charge >= 0.3 is 0 Å². The first kappa shape index (κ1) is 15.6. The van der Waals surface area contributed by atoms with Crippen LogP contribution in [0.5, 0.6) is 5.75 Å². The number of hydrogen-bond donors (Lipinski definition) is 1. The molecule has 0 fully saturated rings.